The molecule has 1 aliphatic rings. The third-order valence-electron chi connectivity index (χ3n) is 4.90. The number of carbonyl (C=O) groups excluding carboxylic acids is 1. The molecule has 1 amide bonds. The molecule has 6 heteroatoms. The quantitative estimate of drug-likeness (QED) is 0.447. The minimum absolute atomic E-state index is 0.00204. The molecule has 2 N–H and O–H groups in total. The fraction of sp³-hybridized carbons (Fsp3) is 0.524. The van der Waals surface area contributed by atoms with Crippen LogP contribution in [0.2, 0.25) is 0 Å². The van der Waals surface area contributed by atoms with Crippen molar-refractivity contribution in [2.45, 2.75) is 50.7 Å². The zero-order chi connectivity index (χ0) is 19.6. The normalized spacial score (nSPS) is 19.6. The Morgan fingerprint density at radius 2 is 2.07 bits per heavy atom. The lowest BCUT2D eigenvalue weighted by atomic mass is 9.95. The van der Waals surface area contributed by atoms with Gasteiger partial charge in [0.15, 0.2) is 0 Å². The largest absolute Gasteiger partial charge is 0.481 e. The van der Waals surface area contributed by atoms with Gasteiger partial charge in [-0.25, -0.2) is 0 Å². The molecule has 148 valence electrons. The maximum absolute atomic E-state index is 12.1. The van der Waals surface area contributed by atoms with Crippen LogP contribution in [0.5, 0.6) is 0 Å². The second-order valence-corrected chi connectivity index (χ2v) is 8.10. The van der Waals surface area contributed by atoms with Gasteiger partial charge >= 0.3 is 5.97 Å². The monoisotopic (exact) mass is 391 g/mol. The predicted molar refractivity (Wildman–Crippen MR) is 109 cm³/mol. The Morgan fingerprint density at radius 1 is 1.33 bits per heavy atom. The van der Waals surface area contributed by atoms with E-state index in [-0.39, 0.29) is 24.3 Å². The average molecular weight is 392 g/mol. The van der Waals surface area contributed by atoms with Gasteiger partial charge in [-0.15, -0.1) is 0 Å². The molecule has 1 aliphatic heterocycles. The summed E-state index contributed by atoms with van der Waals surface area (Å²) in [6.45, 7) is 2.66. The van der Waals surface area contributed by atoms with Crippen molar-refractivity contribution in [3.8, 4) is 0 Å². The van der Waals surface area contributed by atoms with Gasteiger partial charge in [-0.3, -0.25) is 9.59 Å². The van der Waals surface area contributed by atoms with Gasteiger partial charge in [-0.2, -0.15) is 11.8 Å². The molecule has 0 bridgehead atoms. The highest BCUT2D eigenvalue weighted by atomic mass is 32.2. The first-order valence-corrected chi connectivity index (χ1v) is 10.6. The second kappa shape index (κ2) is 11.1. The molecule has 2 rings (SSSR count). The van der Waals surface area contributed by atoms with E-state index in [1.54, 1.807) is 11.8 Å². The highest BCUT2D eigenvalue weighted by molar-refractivity contribution is 7.99. The Balaban J connectivity index is 1.80. The number of hydrogen-bond acceptors (Lipinski definition) is 4. The van der Waals surface area contributed by atoms with Gasteiger partial charge in [0, 0.05) is 31.1 Å². The van der Waals surface area contributed by atoms with Gasteiger partial charge in [0.05, 0.1) is 12.1 Å². The lowest BCUT2D eigenvalue weighted by Crippen LogP contribution is -2.34. The third kappa shape index (κ3) is 7.03. The Bertz CT molecular complexity index is 634. The highest BCUT2D eigenvalue weighted by Gasteiger charge is 2.28. The number of rotatable bonds is 11. The summed E-state index contributed by atoms with van der Waals surface area (Å²) in [6, 6.07) is 9.94. The van der Waals surface area contributed by atoms with Crippen LogP contribution in [0.3, 0.4) is 0 Å². The number of carboxylic acids is 1. The van der Waals surface area contributed by atoms with Gasteiger partial charge < -0.3 is 15.1 Å². The molecule has 27 heavy (non-hydrogen) atoms. The number of hydrogen-bond donors (Lipinski definition) is 2. The van der Waals surface area contributed by atoms with Gasteiger partial charge in [0.25, 0.3) is 0 Å². The number of likely N-dealkylation sites (tertiary alicyclic amines) is 1. The lowest BCUT2D eigenvalue weighted by molar-refractivity contribution is -0.137. The van der Waals surface area contributed by atoms with Crippen molar-refractivity contribution in [1.29, 1.82) is 0 Å². The average Bonchev–Trinajstić information content (AvgIpc) is 3.02. The summed E-state index contributed by atoms with van der Waals surface area (Å²) in [5.41, 5.74) is 1.09. The Kier molecular flexibility index (Phi) is 8.88. The fourth-order valence-electron chi connectivity index (χ4n) is 3.20. The number of aliphatic hydroxyl groups is 1. The molecule has 5 nitrogen and oxygen atoms in total. The summed E-state index contributed by atoms with van der Waals surface area (Å²) in [5, 5.41) is 19.1. The van der Waals surface area contributed by atoms with E-state index in [2.05, 4.69) is 0 Å². The van der Waals surface area contributed by atoms with Crippen molar-refractivity contribution in [3.63, 3.8) is 0 Å². The molecule has 1 aromatic rings. The summed E-state index contributed by atoms with van der Waals surface area (Å²) in [6.07, 6.45) is 5.36. The number of thioether (sulfide) groups is 1. The van der Waals surface area contributed by atoms with Crippen LogP contribution in [0.25, 0.3) is 0 Å². The zero-order valence-corrected chi connectivity index (χ0v) is 16.6. The molecule has 1 aromatic carbocycles. The van der Waals surface area contributed by atoms with Gasteiger partial charge in [-0.1, -0.05) is 49.4 Å². The number of carboxylic acid groups (broad SMARTS) is 1. The third-order valence-corrected chi connectivity index (χ3v) is 5.95. The summed E-state index contributed by atoms with van der Waals surface area (Å²) in [4.78, 5) is 24.5. The van der Waals surface area contributed by atoms with Crippen molar-refractivity contribution in [3.05, 3.63) is 48.0 Å². The number of benzene rings is 1. The Hall–Kier alpha value is -1.79. The zero-order valence-electron chi connectivity index (χ0n) is 15.8. The molecule has 3 atom stereocenters. The first-order valence-electron chi connectivity index (χ1n) is 9.49. The summed E-state index contributed by atoms with van der Waals surface area (Å²) in [7, 11) is 0. The van der Waals surface area contributed by atoms with Crippen LogP contribution in [0, 0.1) is 0 Å². The van der Waals surface area contributed by atoms with Gasteiger partial charge in [0.2, 0.25) is 5.91 Å². The summed E-state index contributed by atoms with van der Waals surface area (Å²) < 4.78 is 0. The fourth-order valence-corrected chi connectivity index (χ4v) is 4.08. The van der Waals surface area contributed by atoms with Gasteiger partial charge in [0.1, 0.15) is 0 Å². The predicted octanol–water partition coefficient (Wildman–Crippen LogP) is 3.30. The number of aliphatic hydroxyl groups excluding tert-OH is 1. The van der Waals surface area contributed by atoms with E-state index < -0.39 is 12.1 Å². The van der Waals surface area contributed by atoms with Crippen LogP contribution in [0.4, 0.5) is 0 Å². The summed E-state index contributed by atoms with van der Waals surface area (Å²) >= 11 is 1.68. The highest BCUT2D eigenvalue weighted by Crippen LogP contribution is 2.23. The van der Waals surface area contributed by atoms with E-state index in [0.29, 0.717) is 19.4 Å². The molecular formula is C21H29NO4S. The van der Waals surface area contributed by atoms with Crippen LogP contribution in [0.1, 0.15) is 44.1 Å². The van der Waals surface area contributed by atoms with E-state index >= 15 is 0 Å². The molecule has 1 saturated heterocycles. The second-order valence-electron chi connectivity index (χ2n) is 6.88. The van der Waals surface area contributed by atoms with E-state index in [1.807, 2.05) is 54.3 Å². The summed E-state index contributed by atoms with van der Waals surface area (Å²) in [5.74, 6) is 0.985. The minimum atomic E-state index is -0.765. The van der Waals surface area contributed by atoms with E-state index in [9.17, 15) is 14.7 Å². The molecule has 0 saturated carbocycles. The maximum atomic E-state index is 12.1. The van der Waals surface area contributed by atoms with Crippen LogP contribution in [0.15, 0.2) is 42.5 Å². The van der Waals surface area contributed by atoms with Crippen LogP contribution >= 0.6 is 11.8 Å². The van der Waals surface area contributed by atoms with Crippen molar-refractivity contribution in [2.24, 2.45) is 0 Å². The van der Waals surface area contributed by atoms with E-state index in [0.717, 1.165) is 23.5 Å². The first-order chi connectivity index (χ1) is 13.0. The molecule has 1 heterocycles. The van der Waals surface area contributed by atoms with E-state index in [4.69, 9.17) is 5.11 Å². The molecule has 2 unspecified atom stereocenters. The number of carbonyl (C=O) groups is 2. The Morgan fingerprint density at radius 3 is 2.78 bits per heavy atom. The number of aliphatic carboxylic acids is 1. The maximum Gasteiger partial charge on any atom is 0.303 e. The SMILES string of the molecule is C[C@@H](c1ccccc1)C(O)/C=C/C1CCC(=O)N1CCSCCCC(=O)O. The number of nitrogens with zero attached hydrogens (tertiary/aromatic N) is 1. The molecule has 0 spiro atoms. The minimum Gasteiger partial charge on any atom is -0.481 e. The van der Waals surface area contributed by atoms with Crippen molar-refractivity contribution in [1.82, 2.24) is 4.90 Å². The molecule has 0 radical (unpaired) electrons. The van der Waals surface area contributed by atoms with Crippen LogP contribution < -0.4 is 0 Å². The van der Waals surface area contributed by atoms with Crippen molar-refractivity contribution >= 4 is 23.6 Å². The topological polar surface area (TPSA) is 77.8 Å². The van der Waals surface area contributed by atoms with Gasteiger partial charge in [-0.05, 0) is 24.2 Å². The Labute approximate surface area is 165 Å². The smallest absolute Gasteiger partial charge is 0.303 e. The molecule has 1 fully saturated rings. The molecule has 0 aromatic heterocycles. The first kappa shape index (κ1) is 21.5. The van der Waals surface area contributed by atoms with E-state index in [1.165, 1.54) is 0 Å². The molecule has 0 aliphatic carbocycles. The number of amides is 1. The molecular weight excluding hydrogens is 362 g/mol. The lowest BCUT2D eigenvalue weighted by Gasteiger charge is -2.23. The van der Waals surface area contributed by atoms with Crippen LogP contribution in [-0.4, -0.2) is 57.2 Å². The van der Waals surface area contributed by atoms with Crippen molar-refractivity contribution in [2.75, 3.05) is 18.1 Å². The standard InChI is InChI=1S/C21H29NO4S/c1-16(17-6-3-2-4-7-17)19(23)11-9-18-10-12-20(24)22(18)13-15-27-14-5-8-21(25)26/h2-4,6-7,9,11,16,18-19,23H,5,8,10,12-15H2,1H3,(H,25,26)/b11-9+/t16-,18?,19?/m0/s1. The van der Waals surface area contributed by atoms with Crippen molar-refractivity contribution < 1.29 is 19.8 Å². The van der Waals surface area contributed by atoms with Crippen LogP contribution in [-0.2, 0) is 9.59 Å².